The van der Waals surface area contributed by atoms with Gasteiger partial charge in [0.1, 0.15) is 5.70 Å². The van der Waals surface area contributed by atoms with E-state index < -0.39 is 5.97 Å². The van der Waals surface area contributed by atoms with Crippen molar-refractivity contribution in [3.63, 3.8) is 0 Å². The van der Waals surface area contributed by atoms with Crippen molar-refractivity contribution in [3.8, 4) is 0 Å². The van der Waals surface area contributed by atoms with Crippen molar-refractivity contribution in [3.05, 3.63) is 11.8 Å². The van der Waals surface area contributed by atoms with Gasteiger partial charge in [0.2, 0.25) is 0 Å². The van der Waals surface area contributed by atoms with Gasteiger partial charge in [-0.2, -0.15) is 0 Å². The van der Waals surface area contributed by atoms with E-state index in [2.05, 4.69) is 4.74 Å². The van der Waals surface area contributed by atoms with Gasteiger partial charge in [-0.15, -0.1) is 0 Å². The average molecular weight is 157 g/mol. The van der Waals surface area contributed by atoms with Gasteiger partial charge >= 0.3 is 5.97 Å². The summed E-state index contributed by atoms with van der Waals surface area (Å²) in [5.41, 5.74) is 5.48. The van der Waals surface area contributed by atoms with Crippen LogP contribution in [0.1, 0.15) is 20.8 Å². The van der Waals surface area contributed by atoms with Crippen molar-refractivity contribution in [2.75, 3.05) is 7.11 Å². The predicted molar refractivity (Wildman–Crippen MR) is 43.7 cm³/mol. The molecule has 0 aromatic carbocycles. The van der Waals surface area contributed by atoms with Crippen LogP contribution >= 0.6 is 0 Å². The number of rotatable bonds is 1. The van der Waals surface area contributed by atoms with Gasteiger partial charge in [0, 0.05) is 0 Å². The Labute approximate surface area is 67.2 Å². The number of allylic oxidation sites excluding steroid dienone is 1. The number of carbonyl (C=O) groups excluding carboxylic acids is 1. The van der Waals surface area contributed by atoms with Crippen LogP contribution in [0.25, 0.3) is 0 Å². The van der Waals surface area contributed by atoms with E-state index >= 15 is 0 Å². The largest absolute Gasteiger partial charge is 0.464 e. The van der Waals surface area contributed by atoms with Crippen LogP contribution in [0, 0.1) is 5.41 Å². The molecule has 0 aromatic rings. The van der Waals surface area contributed by atoms with Crippen molar-refractivity contribution in [1.82, 2.24) is 0 Å². The lowest BCUT2D eigenvalue weighted by Gasteiger charge is -2.12. The molecule has 0 saturated heterocycles. The number of hydrogen-bond acceptors (Lipinski definition) is 3. The quantitative estimate of drug-likeness (QED) is 0.457. The number of methoxy groups -OCH3 is 1. The van der Waals surface area contributed by atoms with E-state index in [0.29, 0.717) is 0 Å². The Kier molecular flexibility index (Phi) is 3.11. The van der Waals surface area contributed by atoms with E-state index in [9.17, 15) is 4.79 Å². The number of carbonyl (C=O) groups is 1. The van der Waals surface area contributed by atoms with Crippen LogP contribution in [-0.2, 0) is 9.53 Å². The number of hydrogen-bond donors (Lipinski definition) is 1. The van der Waals surface area contributed by atoms with Crippen LogP contribution in [0.3, 0.4) is 0 Å². The van der Waals surface area contributed by atoms with E-state index in [0.717, 1.165) is 0 Å². The monoisotopic (exact) mass is 157 g/mol. The number of esters is 1. The molecule has 0 rings (SSSR count). The zero-order valence-electron chi connectivity index (χ0n) is 7.47. The van der Waals surface area contributed by atoms with Gasteiger partial charge in [-0.3, -0.25) is 0 Å². The fraction of sp³-hybridized carbons (Fsp3) is 0.625. The molecule has 0 aromatic heterocycles. The van der Waals surface area contributed by atoms with Gasteiger partial charge in [0.25, 0.3) is 0 Å². The summed E-state index contributed by atoms with van der Waals surface area (Å²) in [7, 11) is 1.31. The fourth-order valence-corrected chi connectivity index (χ4v) is 0.643. The standard InChI is InChI=1S/C8H15NO2/c1-8(2,3)5-6(9)7(10)11-4/h5H,9H2,1-4H3. The van der Waals surface area contributed by atoms with Gasteiger partial charge in [0.15, 0.2) is 0 Å². The van der Waals surface area contributed by atoms with Crippen LogP contribution in [0.5, 0.6) is 0 Å². The Morgan fingerprint density at radius 2 is 1.91 bits per heavy atom. The maximum absolute atomic E-state index is 10.8. The van der Waals surface area contributed by atoms with Crippen molar-refractivity contribution >= 4 is 5.97 Å². The van der Waals surface area contributed by atoms with Gasteiger partial charge in [-0.1, -0.05) is 20.8 Å². The van der Waals surface area contributed by atoms with Crippen molar-refractivity contribution in [2.24, 2.45) is 11.1 Å². The minimum Gasteiger partial charge on any atom is -0.464 e. The van der Waals surface area contributed by atoms with Crippen LogP contribution in [0.15, 0.2) is 11.8 Å². The highest BCUT2D eigenvalue weighted by atomic mass is 16.5. The summed E-state index contributed by atoms with van der Waals surface area (Å²) in [6.07, 6.45) is 1.68. The van der Waals surface area contributed by atoms with Gasteiger partial charge in [0.05, 0.1) is 7.11 Å². The van der Waals surface area contributed by atoms with Crippen molar-refractivity contribution in [2.45, 2.75) is 20.8 Å². The van der Waals surface area contributed by atoms with Gasteiger partial charge in [-0.25, -0.2) is 4.79 Å². The molecule has 0 unspecified atom stereocenters. The number of nitrogens with two attached hydrogens (primary N) is 1. The topological polar surface area (TPSA) is 52.3 Å². The second kappa shape index (κ2) is 3.42. The zero-order chi connectivity index (χ0) is 9.07. The summed E-state index contributed by atoms with van der Waals surface area (Å²) < 4.78 is 4.43. The molecular formula is C8H15NO2. The Morgan fingerprint density at radius 1 is 1.45 bits per heavy atom. The summed E-state index contributed by atoms with van der Waals surface area (Å²) in [5.74, 6) is -0.472. The molecule has 0 aliphatic carbocycles. The molecule has 0 atom stereocenters. The molecule has 0 radical (unpaired) electrons. The molecule has 0 fully saturated rings. The second-order valence-corrected chi connectivity index (χ2v) is 3.46. The summed E-state index contributed by atoms with van der Waals surface area (Å²) >= 11 is 0. The van der Waals surface area contributed by atoms with Gasteiger partial charge in [-0.05, 0) is 11.5 Å². The molecule has 2 N–H and O–H groups in total. The first-order valence-electron chi connectivity index (χ1n) is 3.43. The van der Waals surface area contributed by atoms with Crippen LogP contribution in [-0.4, -0.2) is 13.1 Å². The van der Waals surface area contributed by atoms with Gasteiger partial charge < -0.3 is 10.5 Å². The van der Waals surface area contributed by atoms with Crippen LogP contribution < -0.4 is 5.73 Å². The average Bonchev–Trinajstić information content (AvgIpc) is 1.82. The highest BCUT2D eigenvalue weighted by Gasteiger charge is 2.11. The summed E-state index contributed by atoms with van der Waals surface area (Å²) in [6.45, 7) is 5.88. The lowest BCUT2D eigenvalue weighted by atomic mass is 9.95. The highest BCUT2D eigenvalue weighted by molar-refractivity contribution is 5.87. The molecular weight excluding hydrogens is 142 g/mol. The lowest BCUT2D eigenvalue weighted by molar-refractivity contribution is -0.136. The Bertz CT molecular complexity index is 177. The fourth-order valence-electron chi connectivity index (χ4n) is 0.643. The third-order valence-electron chi connectivity index (χ3n) is 1.01. The normalized spacial score (nSPS) is 12.9. The van der Waals surface area contributed by atoms with E-state index in [1.54, 1.807) is 6.08 Å². The second-order valence-electron chi connectivity index (χ2n) is 3.46. The summed E-state index contributed by atoms with van der Waals surface area (Å²) in [4.78, 5) is 10.8. The molecule has 64 valence electrons. The lowest BCUT2D eigenvalue weighted by Crippen LogP contribution is -2.16. The predicted octanol–water partition coefficient (Wildman–Crippen LogP) is 1.05. The summed E-state index contributed by atoms with van der Waals surface area (Å²) in [5, 5.41) is 0. The first-order chi connectivity index (χ1) is 4.87. The van der Waals surface area contributed by atoms with Crippen LogP contribution in [0.4, 0.5) is 0 Å². The maximum Gasteiger partial charge on any atom is 0.353 e. The SMILES string of the molecule is COC(=O)C(N)=CC(C)(C)C. The molecule has 0 bridgehead atoms. The molecule has 0 saturated carbocycles. The Balaban J connectivity index is 4.34. The van der Waals surface area contributed by atoms with E-state index in [-0.39, 0.29) is 11.1 Å². The minimum absolute atomic E-state index is 0.0850. The molecule has 0 heterocycles. The molecule has 3 nitrogen and oxygen atoms in total. The first-order valence-corrected chi connectivity index (χ1v) is 3.43. The molecule has 11 heavy (non-hydrogen) atoms. The third-order valence-corrected chi connectivity index (χ3v) is 1.01. The van der Waals surface area contributed by atoms with Crippen molar-refractivity contribution in [1.29, 1.82) is 0 Å². The smallest absolute Gasteiger partial charge is 0.353 e. The van der Waals surface area contributed by atoms with Crippen molar-refractivity contribution < 1.29 is 9.53 Å². The number of ether oxygens (including phenoxy) is 1. The molecule has 0 amide bonds. The molecule has 0 aliphatic rings. The zero-order valence-corrected chi connectivity index (χ0v) is 7.47. The van der Waals surface area contributed by atoms with E-state index in [4.69, 9.17) is 5.73 Å². The highest BCUT2D eigenvalue weighted by Crippen LogP contribution is 2.15. The van der Waals surface area contributed by atoms with E-state index in [1.807, 2.05) is 20.8 Å². The first kappa shape index (κ1) is 10.0. The van der Waals surface area contributed by atoms with Crippen LogP contribution in [0.2, 0.25) is 0 Å². The maximum atomic E-state index is 10.8. The third kappa shape index (κ3) is 4.42. The minimum atomic E-state index is -0.472. The molecule has 3 heteroatoms. The van der Waals surface area contributed by atoms with E-state index in [1.165, 1.54) is 7.11 Å². The molecule has 0 spiro atoms. The summed E-state index contributed by atoms with van der Waals surface area (Å²) in [6, 6.07) is 0. The Hall–Kier alpha value is -0.990. The molecule has 0 aliphatic heterocycles. The Morgan fingerprint density at radius 3 is 2.18 bits per heavy atom.